The van der Waals surface area contributed by atoms with Gasteiger partial charge in [-0.25, -0.2) is 0 Å². The molecule has 0 aromatic heterocycles. The van der Waals surface area contributed by atoms with Crippen LogP contribution in [0, 0.1) is 26.0 Å². The van der Waals surface area contributed by atoms with E-state index in [0.29, 0.717) is 11.8 Å². The largest absolute Gasteiger partial charge is 4.00 e. The molecule has 0 N–H and O–H groups in total. The third-order valence-electron chi connectivity index (χ3n) is 3.20. The average molecular weight is 486 g/mol. The molecule has 0 bridgehead atoms. The van der Waals surface area contributed by atoms with Gasteiger partial charge in [-0.2, -0.15) is 70.8 Å². The Morgan fingerprint density at radius 3 is 1.14 bits per heavy atom. The molecule has 29 heavy (non-hydrogen) atoms. The van der Waals surface area contributed by atoms with Crippen molar-refractivity contribution in [3.8, 4) is 0 Å². The fourth-order valence-corrected chi connectivity index (χ4v) is 1.88. The molecule has 0 aliphatic heterocycles. The minimum absolute atomic E-state index is 0. The number of carboxylic acid groups (broad SMARTS) is 2. The summed E-state index contributed by atoms with van der Waals surface area (Å²) in [5, 5.41) is 17.8. The number of benzene rings is 2. The molecule has 0 aliphatic rings. The van der Waals surface area contributed by atoms with E-state index in [0.717, 1.165) is 13.8 Å². The van der Waals surface area contributed by atoms with E-state index in [-0.39, 0.29) is 19.5 Å². The average Bonchev–Trinajstić information content (AvgIpc) is 2.54. The van der Waals surface area contributed by atoms with E-state index in [1.165, 1.54) is 22.3 Å². The summed E-state index contributed by atoms with van der Waals surface area (Å²) in [7, 11) is 0. The van der Waals surface area contributed by atoms with Crippen LogP contribution in [0.2, 0.25) is 0 Å². The van der Waals surface area contributed by atoms with Gasteiger partial charge in [0.1, 0.15) is 0 Å². The molecule has 2 aromatic rings. The van der Waals surface area contributed by atoms with E-state index < -0.39 is 11.9 Å². The zero-order chi connectivity index (χ0) is 22.3. The molecule has 0 atom stereocenters. The van der Waals surface area contributed by atoms with Crippen LogP contribution in [-0.2, 0) is 29.1 Å². The van der Waals surface area contributed by atoms with E-state index in [4.69, 9.17) is 19.8 Å². The van der Waals surface area contributed by atoms with Crippen molar-refractivity contribution < 1.29 is 39.3 Å². The monoisotopic (exact) mass is 486 g/mol. The van der Waals surface area contributed by atoms with Gasteiger partial charge in [0.15, 0.2) is 0 Å². The molecule has 0 saturated heterocycles. The minimum atomic E-state index is -1.08. The first-order valence-corrected chi connectivity index (χ1v) is 9.18. The van der Waals surface area contributed by atoms with Gasteiger partial charge in [-0.05, 0) is 25.7 Å². The minimum Gasteiger partial charge on any atom is -0.550 e. The Hall–Kier alpha value is -2.00. The van der Waals surface area contributed by atoms with Gasteiger partial charge < -0.3 is 19.8 Å². The maximum atomic E-state index is 8.89. The standard InChI is InChI=1S/2C10H13.2C2H4O2.Ru/c2*1-8(2)10-6-4-5-9(3)7-10;2*1-2(3)4;/h2*4-5,7-8H,1-3H3;2*1H3,(H,3,4);/q2*-1;;;+4/p-2. The molecular formula is C24H32O4Ru. The first kappa shape index (κ1) is 31.7. The topological polar surface area (TPSA) is 80.3 Å². The van der Waals surface area contributed by atoms with E-state index >= 15 is 0 Å². The number of aryl methyl sites for hydroxylation is 2. The predicted molar refractivity (Wildman–Crippen MR) is 110 cm³/mol. The second kappa shape index (κ2) is 18.1. The van der Waals surface area contributed by atoms with Gasteiger partial charge in [0, 0.05) is 11.9 Å². The van der Waals surface area contributed by atoms with Crippen LogP contribution in [0.4, 0.5) is 0 Å². The fourth-order valence-electron chi connectivity index (χ4n) is 1.88. The van der Waals surface area contributed by atoms with Crippen LogP contribution >= 0.6 is 0 Å². The summed E-state index contributed by atoms with van der Waals surface area (Å²) in [4.78, 5) is 17.8. The summed E-state index contributed by atoms with van der Waals surface area (Å²) >= 11 is 0. The molecule has 2 rings (SSSR count). The summed E-state index contributed by atoms with van der Waals surface area (Å²) in [6, 6.07) is 18.9. The number of hydrogen-bond donors (Lipinski definition) is 0. The molecule has 0 heterocycles. The quantitative estimate of drug-likeness (QED) is 0.483. The molecule has 0 saturated carbocycles. The molecule has 0 fully saturated rings. The predicted octanol–water partition coefficient (Wildman–Crippen LogP) is 3.35. The Morgan fingerprint density at radius 1 is 0.759 bits per heavy atom. The summed E-state index contributed by atoms with van der Waals surface area (Å²) in [6.07, 6.45) is 0. The second-order valence-electron chi connectivity index (χ2n) is 6.94. The van der Waals surface area contributed by atoms with E-state index in [1.54, 1.807) is 0 Å². The van der Waals surface area contributed by atoms with E-state index in [2.05, 4.69) is 77.9 Å². The van der Waals surface area contributed by atoms with Gasteiger partial charge in [-0.3, -0.25) is 0 Å². The summed E-state index contributed by atoms with van der Waals surface area (Å²) < 4.78 is 0. The van der Waals surface area contributed by atoms with Crippen molar-refractivity contribution in [2.24, 2.45) is 0 Å². The SMILES string of the molecule is CC(=O)[O-].CC(=O)[O-].Cc1cc[c-]c(C(C)C)c1.Cc1cc[c-]c(C(C)C)c1.[Ru+4]. The van der Waals surface area contributed by atoms with Crippen molar-refractivity contribution in [3.05, 3.63) is 70.8 Å². The Bertz CT molecular complexity index is 640. The third kappa shape index (κ3) is 22.2. The zero-order valence-electron chi connectivity index (χ0n) is 18.6. The van der Waals surface area contributed by atoms with Crippen LogP contribution in [0.25, 0.3) is 0 Å². The van der Waals surface area contributed by atoms with Crippen molar-refractivity contribution in [1.82, 2.24) is 0 Å². The van der Waals surface area contributed by atoms with Crippen molar-refractivity contribution in [3.63, 3.8) is 0 Å². The zero-order valence-corrected chi connectivity index (χ0v) is 20.3. The molecule has 0 radical (unpaired) electrons. The molecule has 0 aliphatic carbocycles. The van der Waals surface area contributed by atoms with Crippen LogP contribution in [0.3, 0.4) is 0 Å². The number of carboxylic acids is 2. The number of carbonyl (C=O) groups excluding carboxylic acids is 2. The van der Waals surface area contributed by atoms with Gasteiger partial charge in [0.2, 0.25) is 0 Å². The first-order valence-electron chi connectivity index (χ1n) is 9.18. The molecular weight excluding hydrogens is 453 g/mol. The molecule has 4 nitrogen and oxygen atoms in total. The number of hydrogen-bond acceptors (Lipinski definition) is 4. The molecule has 160 valence electrons. The maximum absolute atomic E-state index is 8.89. The van der Waals surface area contributed by atoms with E-state index in [1.807, 2.05) is 12.1 Å². The van der Waals surface area contributed by atoms with Crippen molar-refractivity contribution in [2.45, 2.75) is 67.2 Å². The second-order valence-corrected chi connectivity index (χ2v) is 6.94. The number of rotatable bonds is 2. The van der Waals surface area contributed by atoms with Crippen LogP contribution < -0.4 is 10.2 Å². The summed E-state index contributed by atoms with van der Waals surface area (Å²) in [6.45, 7) is 14.9. The van der Waals surface area contributed by atoms with Gasteiger partial charge in [-0.1, -0.05) is 41.5 Å². The molecule has 0 unspecified atom stereocenters. The normalized spacial score (nSPS) is 8.90. The Labute approximate surface area is 189 Å². The van der Waals surface area contributed by atoms with Gasteiger partial charge in [0.05, 0.1) is 0 Å². The summed E-state index contributed by atoms with van der Waals surface area (Å²) in [5.74, 6) is -0.972. The van der Waals surface area contributed by atoms with Gasteiger partial charge in [-0.15, -0.1) is 0 Å². The molecule has 2 aromatic carbocycles. The first-order chi connectivity index (χ1) is 12.9. The van der Waals surface area contributed by atoms with Gasteiger partial charge in [0.25, 0.3) is 0 Å². The Morgan fingerprint density at radius 2 is 1.00 bits per heavy atom. The molecule has 0 amide bonds. The van der Waals surface area contributed by atoms with Crippen molar-refractivity contribution in [2.75, 3.05) is 0 Å². The third-order valence-corrected chi connectivity index (χ3v) is 3.20. The van der Waals surface area contributed by atoms with Crippen LogP contribution in [0.1, 0.15) is 75.6 Å². The Balaban J connectivity index is -0.000000336. The molecule has 5 heteroatoms. The maximum Gasteiger partial charge on any atom is 4.00 e. The van der Waals surface area contributed by atoms with Crippen molar-refractivity contribution in [1.29, 1.82) is 0 Å². The van der Waals surface area contributed by atoms with E-state index in [9.17, 15) is 0 Å². The van der Waals surface area contributed by atoms with Crippen LogP contribution in [-0.4, -0.2) is 11.9 Å². The van der Waals surface area contributed by atoms with Crippen LogP contribution in [0.15, 0.2) is 36.4 Å². The molecule has 0 spiro atoms. The van der Waals surface area contributed by atoms with Crippen molar-refractivity contribution >= 4 is 11.9 Å². The summed E-state index contributed by atoms with van der Waals surface area (Å²) in [5.41, 5.74) is 5.25. The Kier molecular flexibility index (Phi) is 19.7. The fraction of sp³-hybridized carbons (Fsp3) is 0.417. The van der Waals surface area contributed by atoms with Crippen LogP contribution in [0.5, 0.6) is 0 Å². The van der Waals surface area contributed by atoms with Gasteiger partial charge >= 0.3 is 19.5 Å². The number of aliphatic carboxylic acids is 2. The smallest absolute Gasteiger partial charge is 0.550 e. The number of carbonyl (C=O) groups is 2.